The second kappa shape index (κ2) is 22.7. The van der Waals surface area contributed by atoms with Crippen LogP contribution in [0.25, 0.3) is 110 Å². The van der Waals surface area contributed by atoms with Crippen LogP contribution in [-0.2, 0) is 41.3 Å². The van der Waals surface area contributed by atoms with Crippen LogP contribution in [0.3, 0.4) is 0 Å². The van der Waals surface area contributed by atoms with Crippen molar-refractivity contribution in [3.63, 3.8) is 0 Å². The van der Waals surface area contributed by atoms with Crippen LogP contribution in [0.2, 0.25) is 0 Å². The van der Waals surface area contributed by atoms with E-state index in [4.69, 9.17) is 5.73 Å². The molecule has 0 atom stereocenters. The Labute approximate surface area is 491 Å². The molecule has 4 N–H and O–H groups in total. The number of hydrogen-bond donors (Lipinski definition) is 3. The van der Waals surface area contributed by atoms with Gasteiger partial charge in [0, 0.05) is 163 Å². The second-order valence-corrected chi connectivity index (χ2v) is 21.5. The zero-order valence-electron chi connectivity index (χ0n) is 46.4. The number of nitrogens with zero attached hydrogens (tertiary/aromatic N) is 13. The maximum absolute atomic E-state index is 6.01. The van der Waals surface area contributed by atoms with Crippen molar-refractivity contribution in [3.05, 3.63) is 230 Å². The summed E-state index contributed by atoms with van der Waals surface area (Å²) in [5, 5.41) is 14.9. The van der Waals surface area contributed by atoms with Crippen molar-refractivity contribution >= 4 is 98.8 Å². The number of rotatable bonds is 10. The van der Waals surface area contributed by atoms with Gasteiger partial charge in [-0.3, -0.25) is 44.6 Å². The topological polar surface area (TPSA) is 186 Å². The highest BCUT2D eigenvalue weighted by Gasteiger charge is 2.15. The van der Waals surface area contributed by atoms with Crippen LogP contribution in [0.4, 0.5) is 17.1 Å². The van der Waals surface area contributed by atoms with Crippen LogP contribution in [0.15, 0.2) is 218 Å². The van der Waals surface area contributed by atoms with E-state index in [1.807, 2.05) is 75.2 Å². The van der Waals surface area contributed by atoms with Crippen LogP contribution < -0.4 is 16.4 Å². The first-order chi connectivity index (χ1) is 41.0. The Morgan fingerprint density at radius 3 is 1.31 bits per heavy atom. The number of fused-ring (bicyclic) bond motifs is 6. The molecule has 9 aromatic heterocycles. The minimum Gasteiger partial charge on any atom is -0.399 e. The Morgan fingerprint density at radius 1 is 0.405 bits per heavy atom. The van der Waals surface area contributed by atoms with E-state index in [0.717, 1.165) is 105 Å². The predicted octanol–water partition coefficient (Wildman–Crippen LogP) is 14.1. The van der Waals surface area contributed by atoms with E-state index in [1.165, 1.54) is 32.7 Å². The van der Waals surface area contributed by atoms with Gasteiger partial charge in [0.25, 0.3) is 0 Å². The Kier molecular flexibility index (Phi) is 14.3. The first-order valence-corrected chi connectivity index (χ1v) is 28.0. The molecule has 17 heteroatoms. The average Bonchev–Trinajstić information content (AvgIpc) is 3.96. The number of nitrogens with two attached hydrogens (primary N) is 1. The molecule has 6 aromatic carbocycles. The van der Waals surface area contributed by atoms with Gasteiger partial charge in [0.2, 0.25) is 0 Å². The number of aryl methyl sites for hydroxylation is 4. The highest BCUT2D eigenvalue weighted by Crippen LogP contribution is 2.36. The molecule has 0 aliphatic heterocycles. The summed E-state index contributed by atoms with van der Waals surface area (Å²) in [6, 6.07) is 46.0. The van der Waals surface area contributed by atoms with Crippen LogP contribution in [-0.4, -0.2) is 63.4 Å². The third-order valence-corrected chi connectivity index (χ3v) is 15.4. The smallest absolute Gasteiger partial charge is 0.0966 e. The molecule has 0 saturated carbocycles. The van der Waals surface area contributed by atoms with Gasteiger partial charge in [-0.25, -0.2) is 0 Å². The first-order valence-electron chi connectivity index (χ1n) is 27.2. The van der Waals surface area contributed by atoms with E-state index in [1.54, 1.807) is 48.1 Å². The summed E-state index contributed by atoms with van der Waals surface area (Å²) in [6.45, 7) is 1.22. The minimum absolute atomic E-state index is 0.593. The summed E-state index contributed by atoms with van der Waals surface area (Å²) in [7, 11) is 8.09. The third kappa shape index (κ3) is 11.0. The molecule has 15 rings (SSSR count). The number of halogens is 1. The van der Waals surface area contributed by atoms with E-state index in [2.05, 4.69) is 209 Å². The van der Waals surface area contributed by atoms with Crippen molar-refractivity contribution in [2.24, 2.45) is 28.2 Å². The van der Waals surface area contributed by atoms with Crippen molar-refractivity contribution in [1.82, 2.24) is 63.4 Å². The SMILES string of the molecule is Cn1cc(-c2ccnc(CNc3cc(-c4ccc5ccn(C)c5c4)c4nccnc4c3)c2)cn1.Cn1ccc2ccc(-c3cc(N)cc4nccnc34)cc21.Cn1ccc2ccc(-c3cc(NCc4cc(Br)ccn4)cc4nccnc34)cc21. The molecule has 0 amide bonds. The lowest BCUT2D eigenvalue weighted by Gasteiger charge is -2.12. The summed E-state index contributed by atoms with van der Waals surface area (Å²) in [4.78, 5) is 36.1. The quantitative estimate of drug-likeness (QED) is 0.110. The standard InChI is InChI=1S/C27H23N7.C23H18BrN5.C17H14N4/c1-33-10-6-18-3-4-20(12-26(18)33)24-13-22(14-25-27(24)30-9-8-29-25)31-16-23-11-19(5-7-28-23)21-15-32-34(2)17-21;1-29-9-5-15-2-3-16(10-22(15)29)20-12-18(13-21-23(20)27-8-7-26-21)28-14-19-11-17(24)4-6-25-19;1-21-7-4-11-2-3-12(8-16(11)21)14-9-13(18)10-15-17(14)20-6-5-19-15/h3-15,17,31H,16H2,1-2H3;2-13,28H,14H2,1H3;2-10H,18H2,1H3. The molecule has 0 bridgehead atoms. The summed E-state index contributed by atoms with van der Waals surface area (Å²) in [5.41, 5.74) is 28.0. The van der Waals surface area contributed by atoms with Gasteiger partial charge < -0.3 is 30.1 Å². The molecule has 0 unspecified atom stereocenters. The van der Waals surface area contributed by atoms with Crippen LogP contribution >= 0.6 is 15.9 Å². The Bertz CT molecular complexity index is 4920. The lowest BCUT2D eigenvalue weighted by molar-refractivity contribution is 0.768. The maximum atomic E-state index is 6.01. The normalized spacial score (nSPS) is 11.3. The van der Waals surface area contributed by atoms with E-state index < -0.39 is 0 Å². The van der Waals surface area contributed by atoms with E-state index in [-0.39, 0.29) is 0 Å². The van der Waals surface area contributed by atoms with Crippen molar-refractivity contribution in [2.45, 2.75) is 13.1 Å². The highest BCUT2D eigenvalue weighted by molar-refractivity contribution is 9.10. The largest absolute Gasteiger partial charge is 0.399 e. The molecule has 0 aliphatic carbocycles. The van der Waals surface area contributed by atoms with Crippen LogP contribution in [0, 0.1) is 0 Å². The van der Waals surface area contributed by atoms with Gasteiger partial charge in [-0.1, -0.05) is 52.3 Å². The minimum atomic E-state index is 0.593. The summed E-state index contributed by atoms with van der Waals surface area (Å²) >= 11 is 3.50. The molecule has 15 aromatic rings. The third-order valence-electron chi connectivity index (χ3n) is 14.9. The summed E-state index contributed by atoms with van der Waals surface area (Å²) in [6.07, 6.45) is 24.1. The van der Waals surface area contributed by atoms with Crippen molar-refractivity contribution in [1.29, 1.82) is 0 Å². The van der Waals surface area contributed by atoms with Gasteiger partial charge in [-0.2, -0.15) is 5.10 Å². The molecule has 16 nitrogen and oxygen atoms in total. The molecular formula is C67H55BrN16. The number of benzene rings is 6. The summed E-state index contributed by atoms with van der Waals surface area (Å²) < 4.78 is 9.20. The molecule has 0 saturated heterocycles. The van der Waals surface area contributed by atoms with Crippen molar-refractivity contribution in [2.75, 3.05) is 16.4 Å². The number of nitrogens with one attached hydrogen (secondary N) is 2. The molecule has 84 heavy (non-hydrogen) atoms. The molecule has 0 spiro atoms. The Balaban J connectivity index is 0.000000121. The Hall–Kier alpha value is -10.7. The molecule has 0 aliphatic rings. The van der Waals surface area contributed by atoms with Gasteiger partial charge >= 0.3 is 0 Å². The zero-order valence-corrected chi connectivity index (χ0v) is 48.0. The van der Waals surface area contributed by atoms with E-state index in [9.17, 15) is 0 Å². The predicted molar refractivity (Wildman–Crippen MR) is 342 cm³/mol. The van der Waals surface area contributed by atoms with Gasteiger partial charge in [-0.15, -0.1) is 0 Å². The number of anilines is 3. The van der Waals surface area contributed by atoms with E-state index >= 15 is 0 Å². The zero-order chi connectivity index (χ0) is 57.3. The fraction of sp³-hybridized carbons (Fsp3) is 0.0896. The number of aromatic nitrogens is 13. The fourth-order valence-corrected chi connectivity index (χ4v) is 11.0. The lowest BCUT2D eigenvalue weighted by Crippen LogP contribution is -2.02. The van der Waals surface area contributed by atoms with Gasteiger partial charge in [0.1, 0.15) is 0 Å². The molecule has 0 fully saturated rings. The Morgan fingerprint density at radius 2 is 0.845 bits per heavy atom. The van der Waals surface area contributed by atoms with Gasteiger partial charge in [0.15, 0.2) is 0 Å². The fourth-order valence-electron chi connectivity index (χ4n) is 10.7. The van der Waals surface area contributed by atoms with Crippen molar-refractivity contribution in [3.8, 4) is 44.5 Å². The van der Waals surface area contributed by atoms with Crippen LogP contribution in [0.1, 0.15) is 11.4 Å². The lowest BCUT2D eigenvalue weighted by atomic mass is 10.0. The first kappa shape index (κ1) is 52.7. The number of nitrogen functional groups attached to an aromatic ring is 1. The molecular weight excluding hydrogens is 1110 g/mol. The number of pyridine rings is 2. The average molecular weight is 1160 g/mol. The molecule has 9 heterocycles. The number of hydrogen-bond acceptors (Lipinski definition) is 12. The highest BCUT2D eigenvalue weighted by atomic mass is 79.9. The summed E-state index contributed by atoms with van der Waals surface area (Å²) in [5.74, 6) is 0. The molecule has 410 valence electrons. The van der Waals surface area contributed by atoms with Crippen molar-refractivity contribution < 1.29 is 0 Å². The molecule has 0 radical (unpaired) electrons. The van der Waals surface area contributed by atoms with Gasteiger partial charge in [0.05, 0.1) is 63.8 Å². The van der Waals surface area contributed by atoms with Gasteiger partial charge in [-0.05, 0) is 135 Å². The van der Waals surface area contributed by atoms with Crippen LogP contribution in [0.5, 0.6) is 0 Å². The monoisotopic (exact) mass is 1160 g/mol. The maximum Gasteiger partial charge on any atom is 0.0966 e. The second-order valence-electron chi connectivity index (χ2n) is 20.6. The van der Waals surface area contributed by atoms with E-state index in [0.29, 0.717) is 18.8 Å².